The molecular formula is C23H28N4O4. The maximum absolute atomic E-state index is 12.7. The highest BCUT2D eigenvalue weighted by molar-refractivity contribution is 5.94. The third-order valence-corrected chi connectivity index (χ3v) is 5.00. The number of benzene rings is 2. The third kappa shape index (κ3) is 5.53. The van der Waals surface area contributed by atoms with Crippen molar-refractivity contribution >= 4 is 22.8 Å². The Morgan fingerprint density at radius 2 is 1.61 bits per heavy atom. The zero-order valence-electron chi connectivity index (χ0n) is 17.6. The number of para-hydroxylation sites is 2. The average Bonchev–Trinajstić information content (AvgIpc) is 3.03. The van der Waals surface area contributed by atoms with E-state index < -0.39 is 0 Å². The predicted octanol–water partition coefficient (Wildman–Crippen LogP) is 2.25. The molecule has 164 valence electrons. The number of aromatic nitrogens is 2. The summed E-state index contributed by atoms with van der Waals surface area (Å²) < 4.78 is 3.41. The molecule has 0 fully saturated rings. The Balaban J connectivity index is 1.44. The summed E-state index contributed by atoms with van der Waals surface area (Å²) in [5.74, 6) is -0.375. The number of hydrogen-bond acceptors (Lipinski definition) is 4. The first-order valence-corrected chi connectivity index (χ1v) is 10.5. The number of aromatic hydroxyl groups is 1. The maximum Gasteiger partial charge on any atom is 0.329 e. The lowest BCUT2D eigenvalue weighted by Crippen LogP contribution is -2.31. The van der Waals surface area contributed by atoms with Crippen molar-refractivity contribution in [3.8, 4) is 5.75 Å². The molecule has 3 N–H and O–H groups in total. The molecular weight excluding hydrogens is 396 g/mol. The lowest BCUT2D eigenvalue weighted by atomic mass is 10.2. The number of phenols is 1. The van der Waals surface area contributed by atoms with Gasteiger partial charge in [-0.05, 0) is 43.2 Å². The number of rotatable bonds is 10. The average molecular weight is 425 g/mol. The smallest absolute Gasteiger partial charge is 0.329 e. The van der Waals surface area contributed by atoms with E-state index in [0.717, 1.165) is 17.5 Å². The predicted molar refractivity (Wildman–Crippen MR) is 119 cm³/mol. The second kappa shape index (κ2) is 10.5. The van der Waals surface area contributed by atoms with Gasteiger partial charge in [-0.25, -0.2) is 4.79 Å². The van der Waals surface area contributed by atoms with Gasteiger partial charge in [0.25, 0.3) is 5.91 Å². The number of nitrogens with zero attached hydrogens (tertiary/aromatic N) is 2. The molecule has 0 saturated carbocycles. The second-order valence-electron chi connectivity index (χ2n) is 7.33. The van der Waals surface area contributed by atoms with E-state index in [1.54, 1.807) is 21.3 Å². The van der Waals surface area contributed by atoms with Gasteiger partial charge in [-0.1, -0.05) is 25.1 Å². The van der Waals surface area contributed by atoms with Gasteiger partial charge < -0.3 is 15.7 Å². The number of fused-ring (bicyclic) bond motifs is 1. The van der Waals surface area contributed by atoms with E-state index in [1.165, 1.54) is 12.1 Å². The number of hydrogen-bond donors (Lipinski definition) is 3. The van der Waals surface area contributed by atoms with Crippen LogP contribution in [0.1, 0.15) is 36.5 Å². The molecule has 0 bridgehead atoms. The number of amides is 2. The molecule has 2 amide bonds. The van der Waals surface area contributed by atoms with Crippen molar-refractivity contribution in [1.82, 2.24) is 19.8 Å². The summed E-state index contributed by atoms with van der Waals surface area (Å²) in [6.45, 7) is 3.81. The maximum atomic E-state index is 12.7. The number of imidazole rings is 1. The largest absolute Gasteiger partial charge is 0.508 e. The van der Waals surface area contributed by atoms with Gasteiger partial charge in [-0.15, -0.1) is 0 Å². The fourth-order valence-electron chi connectivity index (χ4n) is 3.50. The van der Waals surface area contributed by atoms with Crippen molar-refractivity contribution in [2.75, 3.05) is 13.1 Å². The van der Waals surface area contributed by atoms with E-state index in [4.69, 9.17) is 0 Å². The molecule has 31 heavy (non-hydrogen) atoms. The minimum absolute atomic E-state index is 0.0387. The van der Waals surface area contributed by atoms with E-state index >= 15 is 0 Å². The monoisotopic (exact) mass is 424 g/mol. The summed E-state index contributed by atoms with van der Waals surface area (Å²) in [6, 6.07) is 13.7. The van der Waals surface area contributed by atoms with Gasteiger partial charge >= 0.3 is 5.69 Å². The minimum atomic E-state index is -0.273. The molecule has 0 saturated heterocycles. The Morgan fingerprint density at radius 1 is 0.935 bits per heavy atom. The van der Waals surface area contributed by atoms with Crippen molar-refractivity contribution in [3.05, 3.63) is 64.6 Å². The first-order valence-electron chi connectivity index (χ1n) is 10.5. The van der Waals surface area contributed by atoms with Crippen molar-refractivity contribution in [1.29, 1.82) is 0 Å². The molecule has 0 aliphatic heterocycles. The summed E-state index contributed by atoms with van der Waals surface area (Å²) in [5, 5.41) is 15.0. The molecule has 3 aromatic rings. The van der Waals surface area contributed by atoms with Crippen LogP contribution in [0, 0.1) is 0 Å². The van der Waals surface area contributed by atoms with Crippen LogP contribution in [0.4, 0.5) is 0 Å². The van der Waals surface area contributed by atoms with Gasteiger partial charge in [0.2, 0.25) is 5.91 Å². The van der Waals surface area contributed by atoms with Crippen LogP contribution in [0.5, 0.6) is 5.75 Å². The number of carbonyl (C=O) groups excluding carboxylic acids is 2. The van der Waals surface area contributed by atoms with Gasteiger partial charge in [0.05, 0.1) is 11.0 Å². The van der Waals surface area contributed by atoms with Crippen LogP contribution in [0.25, 0.3) is 11.0 Å². The molecule has 1 heterocycles. The Morgan fingerprint density at radius 3 is 2.29 bits per heavy atom. The SMILES string of the molecule is CCCn1c(=O)n(CCC(=O)NCCCNC(=O)c2cccc(O)c2)c2ccccc21. The summed E-state index contributed by atoms with van der Waals surface area (Å²) in [4.78, 5) is 36.9. The standard InChI is InChI=1S/C23H28N4O4/c1-2-14-26-19-9-3-4-10-20(19)27(23(26)31)15-11-21(29)24-12-6-13-25-22(30)17-7-5-8-18(28)16-17/h3-5,7-10,16,28H,2,6,11-15H2,1H3,(H,24,29)(H,25,30). The normalized spacial score (nSPS) is 10.9. The van der Waals surface area contributed by atoms with Gasteiger partial charge in [0, 0.05) is 38.2 Å². The zero-order chi connectivity index (χ0) is 22.2. The fraction of sp³-hybridized carbons (Fsp3) is 0.348. The molecule has 0 spiro atoms. The highest BCUT2D eigenvalue weighted by Gasteiger charge is 2.13. The van der Waals surface area contributed by atoms with E-state index in [0.29, 0.717) is 38.2 Å². The number of phenolic OH excluding ortho intramolecular Hbond substituents is 1. The first-order chi connectivity index (χ1) is 15.0. The Kier molecular flexibility index (Phi) is 7.48. The Hall–Kier alpha value is -3.55. The molecule has 1 aromatic heterocycles. The summed E-state index contributed by atoms with van der Waals surface area (Å²) in [5.41, 5.74) is 2.02. The van der Waals surface area contributed by atoms with Crippen molar-refractivity contribution < 1.29 is 14.7 Å². The third-order valence-electron chi connectivity index (χ3n) is 5.00. The van der Waals surface area contributed by atoms with E-state index in [9.17, 15) is 19.5 Å². The zero-order valence-corrected chi connectivity index (χ0v) is 17.6. The van der Waals surface area contributed by atoms with Crippen LogP contribution in [-0.4, -0.2) is 39.1 Å². The molecule has 2 aromatic carbocycles. The Bertz CT molecular complexity index is 1120. The van der Waals surface area contributed by atoms with Crippen LogP contribution in [0.15, 0.2) is 53.3 Å². The summed E-state index contributed by atoms with van der Waals surface area (Å²) in [7, 11) is 0. The van der Waals surface area contributed by atoms with Crippen LogP contribution >= 0.6 is 0 Å². The molecule has 0 unspecified atom stereocenters. The van der Waals surface area contributed by atoms with E-state index in [1.807, 2.05) is 31.2 Å². The minimum Gasteiger partial charge on any atom is -0.508 e. The van der Waals surface area contributed by atoms with Crippen LogP contribution in [0.2, 0.25) is 0 Å². The van der Waals surface area contributed by atoms with Crippen LogP contribution in [0.3, 0.4) is 0 Å². The molecule has 8 nitrogen and oxygen atoms in total. The summed E-state index contributed by atoms with van der Waals surface area (Å²) in [6.07, 6.45) is 1.64. The quantitative estimate of drug-likeness (QED) is 0.434. The van der Waals surface area contributed by atoms with Crippen molar-refractivity contribution in [2.24, 2.45) is 0 Å². The van der Waals surface area contributed by atoms with Crippen LogP contribution < -0.4 is 16.3 Å². The topological polar surface area (TPSA) is 105 Å². The van der Waals surface area contributed by atoms with Crippen LogP contribution in [-0.2, 0) is 17.9 Å². The van der Waals surface area contributed by atoms with Crippen molar-refractivity contribution in [2.45, 2.75) is 39.3 Å². The van der Waals surface area contributed by atoms with Gasteiger partial charge in [-0.3, -0.25) is 18.7 Å². The molecule has 0 atom stereocenters. The second-order valence-corrected chi connectivity index (χ2v) is 7.33. The molecule has 0 aliphatic carbocycles. The highest BCUT2D eigenvalue weighted by Crippen LogP contribution is 2.13. The molecule has 0 radical (unpaired) electrons. The van der Waals surface area contributed by atoms with Gasteiger partial charge in [0.1, 0.15) is 5.75 Å². The molecule has 0 aliphatic rings. The highest BCUT2D eigenvalue weighted by atomic mass is 16.3. The van der Waals surface area contributed by atoms with E-state index in [-0.39, 0.29) is 29.7 Å². The van der Waals surface area contributed by atoms with E-state index in [2.05, 4.69) is 10.6 Å². The number of carbonyl (C=O) groups is 2. The Labute approximate surface area is 180 Å². The fourth-order valence-corrected chi connectivity index (χ4v) is 3.50. The summed E-state index contributed by atoms with van der Waals surface area (Å²) >= 11 is 0. The van der Waals surface area contributed by atoms with Gasteiger partial charge in [0.15, 0.2) is 0 Å². The number of aryl methyl sites for hydroxylation is 2. The first kappa shape index (κ1) is 22.1. The molecule has 3 rings (SSSR count). The van der Waals surface area contributed by atoms with Gasteiger partial charge in [-0.2, -0.15) is 0 Å². The molecule has 8 heteroatoms. The lowest BCUT2D eigenvalue weighted by molar-refractivity contribution is -0.121. The lowest BCUT2D eigenvalue weighted by Gasteiger charge is -2.08. The number of nitrogens with one attached hydrogen (secondary N) is 2. The van der Waals surface area contributed by atoms with Crippen molar-refractivity contribution in [3.63, 3.8) is 0 Å².